The van der Waals surface area contributed by atoms with E-state index in [1.807, 2.05) is 13.0 Å². The van der Waals surface area contributed by atoms with E-state index in [4.69, 9.17) is 9.47 Å². The molecule has 0 bridgehead atoms. The Morgan fingerprint density at radius 2 is 1.80 bits per heavy atom. The summed E-state index contributed by atoms with van der Waals surface area (Å²) >= 11 is 0. The molecule has 35 heavy (non-hydrogen) atoms. The second-order valence-corrected chi connectivity index (χ2v) is 9.38. The van der Waals surface area contributed by atoms with Gasteiger partial charge >= 0.3 is 12.1 Å². The molecule has 0 saturated heterocycles. The number of carbonyl (C=O) groups excluding carboxylic acids is 4. The summed E-state index contributed by atoms with van der Waals surface area (Å²) in [5.74, 6) is -1.60. The van der Waals surface area contributed by atoms with E-state index in [1.165, 1.54) is 4.90 Å². The zero-order chi connectivity index (χ0) is 26.8. The third kappa shape index (κ3) is 9.94. The van der Waals surface area contributed by atoms with Crippen molar-refractivity contribution in [2.75, 3.05) is 19.8 Å². The van der Waals surface area contributed by atoms with E-state index in [2.05, 4.69) is 10.6 Å². The Morgan fingerprint density at radius 1 is 1.14 bits per heavy atom. The van der Waals surface area contributed by atoms with E-state index in [-0.39, 0.29) is 19.6 Å². The monoisotopic (exact) mass is 493 g/mol. The quantitative estimate of drug-likeness (QED) is 0.402. The Morgan fingerprint density at radius 3 is 2.31 bits per heavy atom. The lowest BCUT2D eigenvalue weighted by Crippen LogP contribution is -2.56. The van der Waals surface area contributed by atoms with Gasteiger partial charge in [-0.25, -0.2) is 4.79 Å². The van der Waals surface area contributed by atoms with Crippen molar-refractivity contribution in [3.05, 3.63) is 35.4 Å². The number of hydrogen-bond donors (Lipinski definition) is 3. The summed E-state index contributed by atoms with van der Waals surface area (Å²) in [7, 11) is 0. The second-order valence-electron chi connectivity index (χ2n) is 9.38. The van der Waals surface area contributed by atoms with Crippen LogP contribution in [0.1, 0.15) is 65.1 Å². The number of nitrogens with one attached hydrogen (secondary N) is 2. The van der Waals surface area contributed by atoms with Gasteiger partial charge in [-0.3, -0.25) is 14.4 Å². The van der Waals surface area contributed by atoms with Crippen LogP contribution in [0, 0.1) is 6.92 Å². The van der Waals surface area contributed by atoms with E-state index in [1.54, 1.807) is 59.7 Å². The number of hydrogen-bond acceptors (Lipinski definition) is 7. The highest BCUT2D eigenvalue weighted by Gasteiger charge is 2.37. The fourth-order valence-corrected chi connectivity index (χ4v) is 3.39. The number of aliphatic hydroxyl groups is 1. The number of amides is 3. The van der Waals surface area contributed by atoms with Crippen LogP contribution in [0.15, 0.2) is 24.3 Å². The van der Waals surface area contributed by atoms with Crippen LogP contribution in [0.5, 0.6) is 0 Å². The van der Waals surface area contributed by atoms with Crippen LogP contribution in [0.4, 0.5) is 4.79 Å². The molecule has 0 aliphatic rings. The van der Waals surface area contributed by atoms with Crippen molar-refractivity contribution < 1.29 is 33.8 Å². The van der Waals surface area contributed by atoms with Gasteiger partial charge in [0, 0.05) is 12.6 Å². The van der Waals surface area contributed by atoms with Crippen LogP contribution in [0.25, 0.3) is 0 Å². The molecular weight excluding hydrogens is 454 g/mol. The predicted molar refractivity (Wildman–Crippen MR) is 130 cm³/mol. The van der Waals surface area contributed by atoms with Crippen LogP contribution in [0.2, 0.25) is 0 Å². The lowest BCUT2D eigenvalue weighted by molar-refractivity contribution is -0.146. The van der Waals surface area contributed by atoms with Crippen LogP contribution in [-0.2, 0) is 23.9 Å². The molecule has 1 aromatic rings. The maximum absolute atomic E-state index is 13.5. The van der Waals surface area contributed by atoms with Crippen molar-refractivity contribution in [3.63, 3.8) is 0 Å². The minimum absolute atomic E-state index is 0.0186. The molecular formula is C25H39N3O7. The summed E-state index contributed by atoms with van der Waals surface area (Å²) in [4.78, 5) is 52.1. The molecule has 1 rings (SSSR count). The zero-order valence-electron chi connectivity index (χ0n) is 21.7. The average Bonchev–Trinajstić information content (AvgIpc) is 2.73. The molecule has 3 amide bonds. The molecule has 0 spiro atoms. The molecule has 0 aliphatic carbocycles. The second kappa shape index (κ2) is 13.7. The molecule has 1 aromatic carbocycles. The summed E-state index contributed by atoms with van der Waals surface area (Å²) in [6.45, 7) is 11.6. The van der Waals surface area contributed by atoms with E-state index in [9.17, 15) is 24.3 Å². The van der Waals surface area contributed by atoms with Gasteiger partial charge in [0.25, 0.3) is 0 Å². The van der Waals surface area contributed by atoms with Gasteiger partial charge < -0.3 is 30.1 Å². The minimum Gasteiger partial charge on any atom is -0.466 e. The molecule has 0 saturated carbocycles. The number of benzene rings is 1. The third-order valence-electron chi connectivity index (χ3n) is 4.80. The molecule has 10 nitrogen and oxygen atoms in total. The molecule has 0 fully saturated rings. The first-order valence-electron chi connectivity index (χ1n) is 11.7. The minimum atomic E-state index is -1.33. The van der Waals surface area contributed by atoms with Crippen LogP contribution in [0.3, 0.4) is 0 Å². The number of carbonyl (C=O) groups is 4. The van der Waals surface area contributed by atoms with Crippen molar-refractivity contribution >= 4 is 23.9 Å². The lowest BCUT2D eigenvalue weighted by Gasteiger charge is -2.37. The number of alkyl carbamates (subject to hydrolysis) is 1. The molecule has 0 aliphatic heterocycles. The fourth-order valence-electron chi connectivity index (χ4n) is 3.39. The maximum atomic E-state index is 13.5. The van der Waals surface area contributed by atoms with Gasteiger partial charge in [-0.2, -0.15) is 0 Å². The van der Waals surface area contributed by atoms with Crippen LogP contribution < -0.4 is 10.6 Å². The van der Waals surface area contributed by atoms with Gasteiger partial charge in [0.2, 0.25) is 11.8 Å². The Hall–Kier alpha value is -3.14. The van der Waals surface area contributed by atoms with Crippen molar-refractivity contribution in [1.82, 2.24) is 15.5 Å². The highest BCUT2D eigenvalue weighted by molar-refractivity contribution is 5.92. The number of esters is 1. The summed E-state index contributed by atoms with van der Waals surface area (Å²) in [6, 6.07) is 4.27. The summed E-state index contributed by atoms with van der Waals surface area (Å²) in [5, 5.41) is 15.0. The Balaban J connectivity index is 3.26. The van der Waals surface area contributed by atoms with Crippen molar-refractivity contribution in [3.8, 4) is 0 Å². The van der Waals surface area contributed by atoms with Gasteiger partial charge in [-0.1, -0.05) is 29.8 Å². The first-order valence-corrected chi connectivity index (χ1v) is 11.7. The molecule has 2 atom stereocenters. The van der Waals surface area contributed by atoms with E-state index < -0.39 is 54.2 Å². The third-order valence-corrected chi connectivity index (χ3v) is 4.80. The predicted octanol–water partition coefficient (Wildman–Crippen LogP) is 2.23. The van der Waals surface area contributed by atoms with Gasteiger partial charge in [0.15, 0.2) is 0 Å². The SMILES string of the molecule is CCOC(=O)CCNC(=O)C(c1cccc(C)c1)N(C(=O)C(CO)NC(=O)OC(C)(C)C)C(C)C. The number of rotatable bonds is 11. The summed E-state index contributed by atoms with van der Waals surface area (Å²) in [5.41, 5.74) is 0.636. The lowest BCUT2D eigenvalue weighted by atomic mass is 9.99. The smallest absolute Gasteiger partial charge is 0.408 e. The van der Waals surface area contributed by atoms with Crippen LogP contribution in [-0.4, -0.2) is 71.3 Å². The van der Waals surface area contributed by atoms with Gasteiger partial charge in [-0.05, 0) is 54.0 Å². The highest BCUT2D eigenvalue weighted by Crippen LogP contribution is 2.26. The average molecular weight is 494 g/mol. The number of aliphatic hydroxyl groups excluding tert-OH is 1. The molecule has 0 aromatic heterocycles. The number of aryl methyl sites for hydroxylation is 1. The van der Waals surface area contributed by atoms with Gasteiger partial charge in [-0.15, -0.1) is 0 Å². The zero-order valence-corrected chi connectivity index (χ0v) is 21.7. The van der Waals surface area contributed by atoms with Crippen LogP contribution >= 0.6 is 0 Å². The van der Waals surface area contributed by atoms with E-state index >= 15 is 0 Å². The first kappa shape index (κ1) is 29.9. The standard InChI is InChI=1S/C25H39N3O7/c1-8-34-20(30)12-13-26-22(31)21(18-11-9-10-17(4)14-18)28(16(2)3)23(32)19(15-29)27-24(33)35-25(5,6)7/h9-11,14,16,19,21,29H,8,12-13,15H2,1-7H3,(H,26,31)(H,27,33). The topological polar surface area (TPSA) is 134 Å². The molecule has 10 heteroatoms. The normalized spacial score (nSPS) is 12.9. The van der Waals surface area contributed by atoms with E-state index in [0.29, 0.717) is 5.56 Å². The number of nitrogens with zero attached hydrogens (tertiary/aromatic N) is 1. The maximum Gasteiger partial charge on any atom is 0.408 e. The van der Waals surface area contributed by atoms with Crippen molar-refractivity contribution in [2.24, 2.45) is 0 Å². The van der Waals surface area contributed by atoms with Crippen molar-refractivity contribution in [2.45, 2.75) is 78.6 Å². The molecule has 0 radical (unpaired) electrons. The highest BCUT2D eigenvalue weighted by atomic mass is 16.6. The Bertz CT molecular complexity index is 880. The number of ether oxygens (including phenoxy) is 2. The summed E-state index contributed by atoms with van der Waals surface area (Å²) < 4.78 is 10.1. The van der Waals surface area contributed by atoms with Gasteiger partial charge in [0.1, 0.15) is 17.7 Å². The van der Waals surface area contributed by atoms with Gasteiger partial charge in [0.05, 0.1) is 19.6 Å². The van der Waals surface area contributed by atoms with Crippen molar-refractivity contribution in [1.29, 1.82) is 0 Å². The summed E-state index contributed by atoms with van der Waals surface area (Å²) in [6.07, 6.45) is -0.880. The molecule has 0 heterocycles. The molecule has 196 valence electrons. The molecule has 3 N–H and O–H groups in total. The largest absolute Gasteiger partial charge is 0.466 e. The molecule has 2 unspecified atom stereocenters. The fraction of sp³-hybridized carbons (Fsp3) is 0.600. The Kier molecular flexibility index (Phi) is 11.7. The first-order chi connectivity index (χ1) is 16.3. The Labute approximate surface area is 207 Å². The van der Waals surface area contributed by atoms with E-state index in [0.717, 1.165) is 5.56 Å².